The number of aliphatic imine (C=N–C) groups is 1. The minimum absolute atomic E-state index is 0.0698. The molecule has 0 aromatic heterocycles. The van der Waals surface area contributed by atoms with Gasteiger partial charge in [0.05, 0.1) is 6.61 Å². The quantitative estimate of drug-likeness (QED) is 0.745. The number of hydrogen-bond acceptors (Lipinski definition) is 5. The molecular weight excluding hydrogens is 296 g/mol. The van der Waals surface area contributed by atoms with Gasteiger partial charge in [0.1, 0.15) is 18.0 Å². The van der Waals surface area contributed by atoms with Gasteiger partial charge in [-0.3, -0.25) is 0 Å². The van der Waals surface area contributed by atoms with Gasteiger partial charge >= 0.3 is 0 Å². The lowest BCUT2D eigenvalue weighted by molar-refractivity contribution is 0.137. The minimum atomic E-state index is -1.48. The first-order valence-electron chi connectivity index (χ1n) is 6.56. The van der Waals surface area contributed by atoms with Crippen LogP contribution in [0.4, 0.5) is 14.5 Å². The predicted molar refractivity (Wildman–Crippen MR) is 82.3 cm³/mol. The number of thioether (sulfide) groups is 1. The summed E-state index contributed by atoms with van der Waals surface area (Å²) >= 11 is 1.18. The van der Waals surface area contributed by atoms with E-state index in [0.29, 0.717) is 5.69 Å². The van der Waals surface area contributed by atoms with Crippen molar-refractivity contribution in [2.75, 3.05) is 19.0 Å². The van der Waals surface area contributed by atoms with Crippen LogP contribution >= 0.6 is 11.8 Å². The summed E-state index contributed by atoms with van der Waals surface area (Å²) in [6.45, 7) is 2.35. The fraction of sp³-hybridized carbons (Fsp3) is 0.500. The Hall–Kier alpha value is -1.34. The lowest BCUT2D eigenvalue weighted by Gasteiger charge is -2.47. The Bertz CT molecular complexity index is 583. The van der Waals surface area contributed by atoms with Gasteiger partial charge in [-0.1, -0.05) is 18.7 Å². The van der Waals surface area contributed by atoms with Crippen LogP contribution in [0.3, 0.4) is 0 Å². The molecule has 2 rings (SSSR count). The first-order chi connectivity index (χ1) is 9.79. The summed E-state index contributed by atoms with van der Waals surface area (Å²) in [4.78, 5) is 4.20. The first kappa shape index (κ1) is 16.0. The number of rotatable bonds is 3. The van der Waals surface area contributed by atoms with Gasteiger partial charge in [-0.2, -0.15) is 0 Å². The summed E-state index contributed by atoms with van der Waals surface area (Å²) < 4.78 is 27.5. The van der Waals surface area contributed by atoms with E-state index >= 15 is 0 Å². The molecule has 21 heavy (non-hydrogen) atoms. The molecule has 0 spiro atoms. The van der Waals surface area contributed by atoms with Crippen molar-refractivity contribution in [1.82, 2.24) is 0 Å². The van der Waals surface area contributed by atoms with E-state index in [-0.39, 0.29) is 17.3 Å². The lowest BCUT2D eigenvalue weighted by atomic mass is 9.73. The third-order valence-corrected chi connectivity index (χ3v) is 5.50. The maximum absolute atomic E-state index is 14.2. The van der Waals surface area contributed by atoms with E-state index in [1.54, 1.807) is 13.8 Å². The van der Waals surface area contributed by atoms with E-state index < -0.39 is 28.7 Å². The molecule has 0 fully saturated rings. The second kappa shape index (κ2) is 5.46. The summed E-state index contributed by atoms with van der Waals surface area (Å²) in [7, 11) is 0. The summed E-state index contributed by atoms with van der Waals surface area (Å²) in [5, 5.41) is 9.79. The van der Waals surface area contributed by atoms with Crippen molar-refractivity contribution in [2.45, 2.75) is 24.1 Å². The molecule has 0 radical (unpaired) electrons. The highest BCUT2D eigenvalue weighted by Crippen LogP contribution is 2.50. The van der Waals surface area contributed by atoms with Crippen LogP contribution in [0, 0.1) is 11.7 Å². The van der Waals surface area contributed by atoms with Gasteiger partial charge in [-0.25, -0.2) is 13.8 Å². The molecule has 0 saturated carbocycles. The molecule has 0 amide bonds. The predicted octanol–water partition coefficient (Wildman–Crippen LogP) is 2.02. The maximum atomic E-state index is 14.2. The van der Waals surface area contributed by atoms with Crippen LogP contribution in [0.15, 0.2) is 23.2 Å². The number of anilines is 1. The standard InChI is InChI=1S/C14H19F2N3OS/c1-8-13(2,7-20)21-12(18)19-14(8,6-15)10-5-9(17)3-4-11(10)16/h3-5,8,20H,6-7,17H2,1-2H3,(H2,18,19)/t8?,13-,14+/m1/s1. The number of nitrogens with two attached hydrogens (primary N) is 2. The van der Waals surface area contributed by atoms with E-state index in [9.17, 15) is 13.9 Å². The normalized spacial score (nSPS) is 32.8. The average Bonchev–Trinajstić information content (AvgIpc) is 2.45. The van der Waals surface area contributed by atoms with Gasteiger partial charge in [0.15, 0.2) is 5.17 Å². The van der Waals surface area contributed by atoms with Crippen molar-refractivity contribution in [3.05, 3.63) is 29.6 Å². The molecule has 1 unspecified atom stereocenters. The molecule has 1 aromatic rings. The Morgan fingerprint density at radius 3 is 2.67 bits per heavy atom. The smallest absolute Gasteiger partial charge is 0.155 e. The number of amidine groups is 1. The van der Waals surface area contributed by atoms with Gasteiger partial charge in [-0.05, 0) is 25.1 Å². The number of halogens is 2. The van der Waals surface area contributed by atoms with Crippen molar-refractivity contribution < 1.29 is 13.9 Å². The van der Waals surface area contributed by atoms with E-state index in [4.69, 9.17) is 11.5 Å². The third-order valence-electron chi connectivity index (χ3n) is 4.25. The van der Waals surface area contributed by atoms with Crippen LogP contribution < -0.4 is 11.5 Å². The van der Waals surface area contributed by atoms with Crippen LogP contribution in [0.25, 0.3) is 0 Å². The van der Waals surface area contributed by atoms with Gasteiger partial charge < -0.3 is 16.6 Å². The zero-order valence-corrected chi connectivity index (χ0v) is 12.8. The van der Waals surface area contributed by atoms with Crippen molar-refractivity contribution in [3.63, 3.8) is 0 Å². The molecule has 3 atom stereocenters. The molecule has 1 aliphatic heterocycles. The zero-order chi connectivity index (χ0) is 15.8. The van der Waals surface area contributed by atoms with Crippen LogP contribution in [-0.4, -0.2) is 28.3 Å². The van der Waals surface area contributed by atoms with Gasteiger partial charge in [0.2, 0.25) is 0 Å². The maximum Gasteiger partial charge on any atom is 0.155 e. The molecular formula is C14H19F2N3OS. The number of aliphatic hydroxyl groups is 1. The molecule has 1 aliphatic rings. The number of hydrogen-bond donors (Lipinski definition) is 3. The zero-order valence-electron chi connectivity index (χ0n) is 11.9. The summed E-state index contributed by atoms with van der Waals surface area (Å²) in [6, 6.07) is 3.99. The molecule has 5 N–H and O–H groups in total. The highest BCUT2D eigenvalue weighted by molar-refractivity contribution is 8.15. The number of nitrogens with zero attached hydrogens (tertiary/aromatic N) is 1. The summed E-state index contributed by atoms with van der Waals surface area (Å²) in [6.07, 6.45) is 0. The minimum Gasteiger partial charge on any atom is -0.399 e. The highest BCUT2D eigenvalue weighted by atomic mass is 32.2. The van der Waals surface area contributed by atoms with E-state index in [2.05, 4.69) is 4.99 Å². The number of aliphatic hydroxyl groups excluding tert-OH is 1. The van der Waals surface area contributed by atoms with Crippen molar-refractivity contribution in [1.29, 1.82) is 0 Å². The molecule has 1 heterocycles. The van der Waals surface area contributed by atoms with Crippen molar-refractivity contribution in [3.8, 4) is 0 Å². The molecule has 0 bridgehead atoms. The van der Waals surface area contributed by atoms with Gasteiger partial charge in [0, 0.05) is 21.9 Å². The van der Waals surface area contributed by atoms with Crippen molar-refractivity contribution >= 4 is 22.6 Å². The second-order valence-corrected chi connectivity index (χ2v) is 7.10. The fourth-order valence-corrected chi connectivity index (χ4v) is 3.83. The molecule has 0 aliphatic carbocycles. The van der Waals surface area contributed by atoms with Crippen LogP contribution in [0.1, 0.15) is 19.4 Å². The average molecular weight is 315 g/mol. The fourth-order valence-electron chi connectivity index (χ4n) is 2.70. The first-order valence-corrected chi connectivity index (χ1v) is 7.37. The van der Waals surface area contributed by atoms with E-state index in [1.807, 2.05) is 0 Å². The van der Waals surface area contributed by atoms with E-state index in [0.717, 1.165) is 0 Å². The SMILES string of the molecule is CC1[C@@](C)(CO)SC(N)=N[C@]1(CF)c1cc(N)ccc1F. The number of alkyl halides is 1. The van der Waals surface area contributed by atoms with Crippen molar-refractivity contribution in [2.24, 2.45) is 16.6 Å². The van der Waals surface area contributed by atoms with Crippen LogP contribution in [-0.2, 0) is 5.54 Å². The van der Waals surface area contributed by atoms with E-state index in [1.165, 1.54) is 30.0 Å². The Kier molecular flexibility index (Phi) is 4.17. The Morgan fingerprint density at radius 2 is 2.10 bits per heavy atom. The Labute approximate surface area is 126 Å². The number of nitrogen functional groups attached to an aromatic ring is 1. The highest BCUT2D eigenvalue weighted by Gasteiger charge is 2.52. The summed E-state index contributed by atoms with van der Waals surface area (Å²) in [5.41, 5.74) is 10.4. The Morgan fingerprint density at radius 1 is 1.43 bits per heavy atom. The second-order valence-electron chi connectivity index (χ2n) is 5.54. The van der Waals surface area contributed by atoms with Gasteiger partial charge in [0.25, 0.3) is 0 Å². The molecule has 116 valence electrons. The molecule has 1 aromatic carbocycles. The molecule has 7 heteroatoms. The lowest BCUT2D eigenvalue weighted by Crippen LogP contribution is -2.53. The largest absolute Gasteiger partial charge is 0.399 e. The van der Waals surface area contributed by atoms with Crippen LogP contribution in [0.5, 0.6) is 0 Å². The molecule has 4 nitrogen and oxygen atoms in total. The molecule has 0 saturated heterocycles. The monoisotopic (exact) mass is 315 g/mol. The van der Waals surface area contributed by atoms with Crippen LogP contribution in [0.2, 0.25) is 0 Å². The summed E-state index contributed by atoms with van der Waals surface area (Å²) in [5.74, 6) is -1.06. The third kappa shape index (κ3) is 2.48. The Balaban J connectivity index is 2.69. The topological polar surface area (TPSA) is 84.6 Å². The number of benzene rings is 1. The van der Waals surface area contributed by atoms with Gasteiger partial charge in [-0.15, -0.1) is 0 Å².